The molecule has 0 radical (unpaired) electrons. The molecule has 0 aromatic heterocycles. The highest BCUT2D eigenvalue weighted by Crippen LogP contribution is 2.31. The Kier molecular flexibility index (Phi) is 5.44. The maximum Gasteiger partial charge on any atom is 0.312 e. The molecule has 1 unspecified atom stereocenters. The average molecular weight is 386 g/mol. The van der Waals surface area contributed by atoms with Gasteiger partial charge in [0.2, 0.25) is 5.75 Å². The number of carbonyl (C=O) groups is 2. The molecule has 146 valence electrons. The van der Waals surface area contributed by atoms with Crippen molar-refractivity contribution in [2.24, 2.45) is 0 Å². The topological polar surface area (TPSA) is 119 Å². The van der Waals surface area contributed by atoms with E-state index in [0.29, 0.717) is 12.1 Å². The summed E-state index contributed by atoms with van der Waals surface area (Å²) in [5.41, 5.74) is 1.28. The van der Waals surface area contributed by atoms with E-state index in [9.17, 15) is 24.8 Å². The number of carbonyl (C=O) groups excluding carboxylic acids is 1. The molecule has 1 aliphatic rings. The number of fused-ring (bicyclic) bond motifs is 1. The van der Waals surface area contributed by atoms with Gasteiger partial charge < -0.3 is 19.5 Å². The van der Waals surface area contributed by atoms with Gasteiger partial charge in [0.05, 0.1) is 18.0 Å². The van der Waals surface area contributed by atoms with Gasteiger partial charge in [-0.2, -0.15) is 0 Å². The van der Waals surface area contributed by atoms with Gasteiger partial charge in [-0.15, -0.1) is 0 Å². The lowest BCUT2D eigenvalue weighted by molar-refractivity contribution is -0.385. The Morgan fingerprint density at radius 2 is 2.04 bits per heavy atom. The van der Waals surface area contributed by atoms with Crippen molar-refractivity contribution in [1.29, 1.82) is 0 Å². The van der Waals surface area contributed by atoms with Crippen LogP contribution in [0.15, 0.2) is 42.5 Å². The number of rotatable bonds is 6. The zero-order valence-electron chi connectivity index (χ0n) is 15.0. The molecular formula is C19H18N2O7. The van der Waals surface area contributed by atoms with Crippen LogP contribution < -0.4 is 9.47 Å². The van der Waals surface area contributed by atoms with E-state index < -0.39 is 16.8 Å². The Hall–Kier alpha value is -3.62. The molecule has 0 spiro atoms. The third-order valence-corrected chi connectivity index (χ3v) is 4.56. The van der Waals surface area contributed by atoms with E-state index in [0.717, 1.165) is 5.56 Å². The van der Waals surface area contributed by atoms with Crippen molar-refractivity contribution in [3.8, 4) is 11.5 Å². The molecule has 1 aliphatic heterocycles. The molecule has 2 aromatic rings. The van der Waals surface area contributed by atoms with Gasteiger partial charge in [0.25, 0.3) is 5.91 Å². The lowest BCUT2D eigenvalue weighted by atomic mass is 9.90. The largest absolute Gasteiger partial charge is 0.490 e. The first-order valence-corrected chi connectivity index (χ1v) is 8.44. The monoisotopic (exact) mass is 386 g/mol. The number of ether oxygens (including phenoxy) is 2. The second kappa shape index (κ2) is 7.95. The number of benzene rings is 2. The van der Waals surface area contributed by atoms with E-state index in [2.05, 4.69) is 0 Å². The molecule has 0 fully saturated rings. The molecule has 2 aromatic carbocycles. The van der Waals surface area contributed by atoms with E-state index in [-0.39, 0.29) is 36.2 Å². The van der Waals surface area contributed by atoms with E-state index in [1.165, 1.54) is 30.2 Å². The number of methoxy groups -OCH3 is 1. The highest BCUT2D eigenvalue weighted by molar-refractivity contribution is 5.82. The molecule has 0 aliphatic carbocycles. The summed E-state index contributed by atoms with van der Waals surface area (Å²) < 4.78 is 10.4. The molecule has 9 nitrogen and oxygen atoms in total. The summed E-state index contributed by atoms with van der Waals surface area (Å²) in [6, 6.07) is 11.1. The number of carboxylic acids is 1. The van der Waals surface area contributed by atoms with Crippen LogP contribution in [0.4, 0.5) is 5.69 Å². The van der Waals surface area contributed by atoms with E-state index >= 15 is 0 Å². The van der Waals surface area contributed by atoms with Crippen LogP contribution in [0.3, 0.4) is 0 Å². The van der Waals surface area contributed by atoms with E-state index in [4.69, 9.17) is 9.47 Å². The molecule has 0 saturated carbocycles. The van der Waals surface area contributed by atoms with Crippen LogP contribution in [0, 0.1) is 10.1 Å². The van der Waals surface area contributed by atoms with Gasteiger partial charge in [-0.3, -0.25) is 19.7 Å². The van der Waals surface area contributed by atoms with Crippen molar-refractivity contribution in [3.63, 3.8) is 0 Å². The molecule has 3 rings (SSSR count). The highest BCUT2D eigenvalue weighted by Gasteiger charge is 2.32. The summed E-state index contributed by atoms with van der Waals surface area (Å²) in [4.78, 5) is 35.9. The van der Waals surface area contributed by atoms with Crippen LogP contribution in [0.1, 0.15) is 17.0 Å². The van der Waals surface area contributed by atoms with Crippen molar-refractivity contribution in [2.75, 3.05) is 20.3 Å². The van der Waals surface area contributed by atoms with Crippen molar-refractivity contribution in [2.45, 2.75) is 12.5 Å². The van der Waals surface area contributed by atoms with Gasteiger partial charge in [0, 0.05) is 25.2 Å². The molecule has 0 bridgehead atoms. The standard InChI is InChI=1S/C19H18N2O7/c1-27-17-8-13(6-7-16(17)21(25)26)28-11-18(22)20-9-12-4-2-3-5-14(12)15(10-20)19(23)24/h2-8,15H,9-11H2,1H3,(H,23,24). The summed E-state index contributed by atoms with van der Waals surface area (Å²) in [6.07, 6.45) is 0. The molecule has 0 saturated heterocycles. The van der Waals surface area contributed by atoms with E-state index in [1.54, 1.807) is 24.3 Å². The summed E-state index contributed by atoms with van der Waals surface area (Å²) in [7, 11) is 1.30. The number of nitro benzene ring substituents is 1. The van der Waals surface area contributed by atoms with Crippen molar-refractivity contribution < 1.29 is 29.1 Å². The fraction of sp³-hybridized carbons (Fsp3) is 0.263. The molecule has 1 atom stereocenters. The van der Waals surface area contributed by atoms with Crippen LogP contribution in [0.5, 0.6) is 11.5 Å². The zero-order chi connectivity index (χ0) is 20.3. The molecule has 28 heavy (non-hydrogen) atoms. The second-order valence-electron chi connectivity index (χ2n) is 6.24. The SMILES string of the molecule is COc1cc(OCC(=O)N2Cc3ccccc3C(C(=O)O)C2)ccc1[N+](=O)[O-]. The Morgan fingerprint density at radius 3 is 2.71 bits per heavy atom. The predicted molar refractivity (Wildman–Crippen MR) is 97.4 cm³/mol. The van der Waals surface area contributed by atoms with Crippen molar-refractivity contribution in [3.05, 3.63) is 63.7 Å². The average Bonchev–Trinajstić information content (AvgIpc) is 2.70. The lowest BCUT2D eigenvalue weighted by Gasteiger charge is -2.32. The smallest absolute Gasteiger partial charge is 0.312 e. The van der Waals surface area contributed by atoms with Crippen molar-refractivity contribution in [1.82, 2.24) is 4.90 Å². The normalized spacial score (nSPS) is 15.5. The van der Waals surface area contributed by atoms with Crippen LogP contribution >= 0.6 is 0 Å². The van der Waals surface area contributed by atoms with Crippen LogP contribution in [0.25, 0.3) is 0 Å². The fourth-order valence-electron chi connectivity index (χ4n) is 3.14. The van der Waals surface area contributed by atoms with Gasteiger partial charge in [-0.1, -0.05) is 24.3 Å². The van der Waals surface area contributed by atoms with Crippen LogP contribution in [-0.2, 0) is 16.1 Å². The third kappa shape index (κ3) is 3.88. The highest BCUT2D eigenvalue weighted by atomic mass is 16.6. The predicted octanol–water partition coefficient (Wildman–Crippen LogP) is 2.19. The third-order valence-electron chi connectivity index (χ3n) is 4.56. The maximum absolute atomic E-state index is 12.5. The summed E-state index contributed by atoms with van der Waals surface area (Å²) in [5.74, 6) is -1.91. The Labute approximate surface area is 160 Å². The first-order valence-electron chi connectivity index (χ1n) is 8.44. The molecule has 1 heterocycles. The number of hydrogen-bond donors (Lipinski definition) is 1. The summed E-state index contributed by atoms with van der Waals surface area (Å²) >= 11 is 0. The van der Waals surface area contributed by atoms with Gasteiger partial charge >= 0.3 is 11.7 Å². The Bertz CT molecular complexity index is 928. The quantitative estimate of drug-likeness (QED) is 0.597. The Balaban J connectivity index is 1.70. The molecule has 1 N–H and O–H groups in total. The maximum atomic E-state index is 12.5. The number of nitro groups is 1. The minimum Gasteiger partial charge on any atom is -0.490 e. The fourth-order valence-corrected chi connectivity index (χ4v) is 3.14. The number of hydrogen-bond acceptors (Lipinski definition) is 6. The molecule has 1 amide bonds. The molecular weight excluding hydrogens is 368 g/mol. The van der Waals surface area contributed by atoms with Gasteiger partial charge in [0.15, 0.2) is 6.61 Å². The molecule has 9 heteroatoms. The van der Waals surface area contributed by atoms with Crippen LogP contribution in [-0.4, -0.2) is 47.1 Å². The number of amides is 1. The second-order valence-corrected chi connectivity index (χ2v) is 6.24. The number of aliphatic carboxylic acids is 1. The van der Waals surface area contributed by atoms with Gasteiger partial charge in [0.1, 0.15) is 5.75 Å². The number of nitrogens with zero attached hydrogens (tertiary/aromatic N) is 2. The van der Waals surface area contributed by atoms with Gasteiger partial charge in [-0.25, -0.2) is 0 Å². The van der Waals surface area contributed by atoms with E-state index in [1.807, 2.05) is 0 Å². The lowest BCUT2D eigenvalue weighted by Crippen LogP contribution is -2.42. The zero-order valence-corrected chi connectivity index (χ0v) is 15.0. The minimum atomic E-state index is -0.994. The summed E-state index contributed by atoms with van der Waals surface area (Å²) in [5, 5.41) is 20.4. The van der Waals surface area contributed by atoms with Crippen molar-refractivity contribution >= 4 is 17.6 Å². The summed E-state index contributed by atoms with van der Waals surface area (Å²) in [6.45, 7) is 0.0271. The number of carboxylic acid groups (broad SMARTS) is 1. The van der Waals surface area contributed by atoms with Gasteiger partial charge in [-0.05, 0) is 17.2 Å². The minimum absolute atomic E-state index is 0.0211. The van der Waals surface area contributed by atoms with Crippen LogP contribution in [0.2, 0.25) is 0 Å². The first kappa shape index (κ1) is 19.2. The Morgan fingerprint density at radius 1 is 1.29 bits per heavy atom. The first-order chi connectivity index (χ1) is 13.4.